The first kappa shape index (κ1) is 19.0. The van der Waals surface area contributed by atoms with Crippen LogP contribution < -0.4 is 10.1 Å². The van der Waals surface area contributed by atoms with Crippen molar-refractivity contribution >= 4 is 21.7 Å². The van der Waals surface area contributed by atoms with Crippen LogP contribution in [-0.4, -0.2) is 26.0 Å². The van der Waals surface area contributed by atoms with Crippen LogP contribution in [0.25, 0.3) is 0 Å². The summed E-state index contributed by atoms with van der Waals surface area (Å²) < 4.78 is 37.4. The molecule has 6 nitrogen and oxygen atoms in total. The third kappa shape index (κ3) is 4.58. The number of rotatable bonds is 6. The monoisotopic (exact) mass is 363 g/mol. The molecule has 0 bridgehead atoms. The molecule has 0 saturated carbocycles. The number of amides is 1. The van der Waals surface area contributed by atoms with Gasteiger partial charge in [0, 0.05) is 11.6 Å². The standard InChI is InChI=1S/C18H21NO5S/c1-4-12(2)13-5-7-14(8-6-13)18(20)19-16-10-9-15(24-3)11-17(16)25(21,22)23/h5-12H,4H2,1-3H3,(H,19,20)(H,21,22,23). The van der Waals surface area contributed by atoms with Crippen molar-refractivity contribution in [3.8, 4) is 5.75 Å². The number of carbonyl (C=O) groups is 1. The number of carbonyl (C=O) groups excluding carboxylic acids is 1. The van der Waals surface area contributed by atoms with E-state index < -0.39 is 20.9 Å². The van der Waals surface area contributed by atoms with E-state index >= 15 is 0 Å². The van der Waals surface area contributed by atoms with E-state index in [2.05, 4.69) is 19.2 Å². The third-order valence-electron chi connectivity index (χ3n) is 4.07. The molecule has 2 aromatic carbocycles. The van der Waals surface area contributed by atoms with Crippen LogP contribution in [0.5, 0.6) is 5.75 Å². The predicted molar refractivity (Wildman–Crippen MR) is 95.9 cm³/mol. The summed E-state index contributed by atoms with van der Waals surface area (Å²) in [6.45, 7) is 4.19. The Morgan fingerprint density at radius 2 is 1.84 bits per heavy atom. The second kappa shape index (κ2) is 7.67. The van der Waals surface area contributed by atoms with E-state index in [4.69, 9.17) is 4.74 Å². The lowest BCUT2D eigenvalue weighted by Gasteiger charge is -2.12. The van der Waals surface area contributed by atoms with Gasteiger partial charge in [-0.05, 0) is 42.2 Å². The van der Waals surface area contributed by atoms with Crippen molar-refractivity contribution < 1.29 is 22.5 Å². The number of benzene rings is 2. The predicted octanol–water partition coefficient (Wildman–Crippen LogP) is 3.71. The number of anilines is 1. The fraction of sp³-hybridized carbons (Fsp3) is 0.278. The van der Waals surface area contributed by atoms with Gasteiger partial charge in [-0.25, -0.2) is 0 Å². The zero-order valence-electron chi connectivity index (χ0n) is 14.3. The Balaban J connectivity index is 2.29. The van der Waals surface area contributed by atoms with Gasteiger partial charge in [0.1, 0.15) is 10.6 Å². The fourth-order valence-electron chi connectivity index (χ4n) is 2.34. The van der Waals surface area contributed by atoms with E-state index in [0.29, 0.717) is 11.5 Å². The summed E-state index contributed by atoms with van der Waals surface area (Å²) in [5.74, 6) is 0.180. The van der Waals surface area contributed by atoms with E-state index in [-0.39, 0.29) is 11.4 Å². The molecule has 0 fully saturated rings. The van der Waals surface area contributed by atoms with Gasteiger partial charge in [0.25, 0.3) is 16.0 Å². The maximum atomic E-state index is 12.4. The average Bonchev–Trinajstić information content (AvgIpc) is 2.60. The van der Waals surface area contributed by atoms with E-state index in [9.17, 15) is 17.8 Å². The van der Waals surface area contributed by atoms with Crippen LogP contribution in [0.15, 0.2) is 47.4 Å². The number of nitrogens with one attached hydrogen (secondary N) is 1. The van der Waals surface area contributed by atoms with Crippen molar-refractivity contribution in [3.63, 3.8) is 0 Å². The zero-order chi connectivity index (χ0) is 18.6. The molecule has 0 aromatic heterocycles. The van der Waals surface area contributed by atoms with Crippen LogP contribution >= 0.6 is 0 Å². The molecule has 134 valence electrons. The van der Waals surface area contributed by atoms with Crippen molar-refractivity contribution in [2.75, 3.05) is 12.4 Å². The summed E-state index contributed by atoms with van der Waals surface area (Å²) in [5, 5.41) is 2.51. The Hall–Kier alpha value is -2.38. The van der Waals surface area contributed by atoms with Gasteiger partial charge in [-0.2, -0.15) is 8.42 Å². The molecule has 0 heterocycles. The maximum Gasteiger partial charge on any atom is 0.296 e. The van der Waals surface area contributed by atoms with Gasteiger partial charge in [-0.15, -0.1) is 0 Å². The van der Waals surface area contributed by atoms with Gasteiger partial charge in [-0.1, -0.05) is 26.0 Å². The summed E-state index contributed by atoms with van der Waals surface area (Å²) in [7, 11) is -3.13. The van der Waals surface area contributed by atoms with Crippen molar-refractivity contribution in [1.29, 1.82) is 0 Å². The Morgan fingerprint density at radius 1 is 1.20 bits per heavy atom. The smallest absolute Gasteiger partial charge is 0.296 e. The van der Waals surface area contributed by atoms with Gasteiger partial charge in [0.2, 0.25) is 0 Å². The lowest BCUT2D eigenvalue weighted by molar-refractivity contribution is 0.102. The lowest BCUT2D eigenvalue weighted by Crippen LogP contribution is -2.15. The van der Waals surface area contributed by atoms with Gasteiger partial charge in [0.05, 0.1) is 12.8 Å². The van der Waals surface area contributed by atoms with Crippen molar-refractivity contribution in [2.24, 2.45) is 0 Å². The Morgan fingerprint density at radius 3 is 2.36 bits per heavy atom. The summed E-state index contributed by atoms with van der Waals surface area (Å²) in [5.41, 5.74) is 1.51. The molecule has 1 unspecified atom stereocenters. The van der Waals surface area contributed by atoms with Crippen LogP contribution in [0.4, 0.5) is 5.69 Å². The molecule has 0 aliphatic rings. The maximum absolute atomic E-state index is 12.4. The second-order valence-electron chi connectivity index (χ2n) is 5.72. The second-order valence-corrected chi connectivity index (χ2v) is 7.11. The molecule has 1 atom stereocenters. The first-order valence-electron chi connectivity index (χ1n) is 7.83. The van der Waals surface area contributed by atoms with Crippen molar-refractivity contribution in [2.45, 2.75) is 31.1 Å². The van der Waals surface area contributed by atoms with E-state index in [1.165, 1.54) is 19.2 Å². The Labute approximate surface area is 147 Å². The molecule has 2 N–H and O–H groups in total. The molecule has 7 heteroatoms. The highest BCUT2D eigenvalue weighted by Gasteiger charge is 2.19. The molecular weight excluding hydrogens is 342 g/mol. The summed E-state index contributed by atoms with van der Waals surface area (Å²) >= 11 is 0. The third-order valence-corrected chi connectivity index (χ3v) is 4.96. The highest BCUT2D eigenvalue weighted by molar-refractivity contribution is 7.86. The topological polar surface area (TPSA) is 92.7 Å². The molecule has 2 aromatic rings. The summed E-state index contributed by atoms with van der Waals surface area (Å²) in [6, 6.07) is 11.1. The Kier molecular flexibility index (Phi) is 5.81. The molecule has 0 aliphatic carbocycles. The molecule has 0 saturated heterocycles. The van der Waals surface area contributed by atoms with E-state index in [1.807, 2.05) is 12.1 Å². The lowest BCUT2D eigenvalue weighted by atomic mass is 9.97. The molecule has 25 heavy (non-hydrogen) atoms. The molecule has 0 aliphatic heterocycles. The molecule has 1 amide bonds. The van der Waals surface area contributed by atoms with Crippen LogP contribution in [0.1, 0.15) is 42.1 Å². The summed E-state index contributed by atoms with van der Waals surface area (Å²) in [6.07, 6.45) is 0.995. The minimum Gasteiger partial charge on any atom is -0.497 e. The molecular formula is C18H21NO5S. The van der Waals surface area contributed by atoms with Gasteiger partial charge < -0.3 is 10.1 Å². The normalized spacial score (nSPS) is 12.5. The number of hydrogen-bond donors (Lipinski definition) is 2. The largest absolute Gasteiger partial charge is 0.497 e. The van der Waals surface area contributed by atoms with Crippen LogP contribution in [0.3, 0.4) is 0 Å². The van der Waals surface area contributed by atoms with Crippen LogP contribution in [-0.2, 0) is 10.1 Å². The first-order chi connectivity index (χ1) is 11.8. The Bertz CT molecular complexity index is 860. The summed E-state index contributed by atoms with van der Waals surface area (Å²) in [4.78, 5) is 12.0. The van der Waals surface area contributed by atoms with E-state index in [1.54, 1.807) is 12.1 Å². The fourth-order valence-corrected chi connectivity index (χ4v) is 3.00. The number of ether oxygens (including phenoxy) is 1. The molecule has 0 radical (unpaired) electrons. The first-order valence-corrected chi connectivity index (χ1v) is 9.27. The van der Waals surface area contributed by atoms with Gasteiger partial charge in [-0.3, -0.25) is 9.35 Å². The number of methoxy groups -OCH3 is 1. The highest BCUT2D eigenvalue weighted by atomic mass is 32.2. The number of hydrogen-bond acceptors (Lipinski definition) is 4. The molecule has 2 rings (SSSR count). The van der Waals surface area contributed by atoms with Crippen molar-refractivity contribution in [3.05, 3.63) is 53.6 Å². The average molecular weight is 363 g/mol. The van der Waals surface area contributed by atoms with Gasteiger partial charge in [0.15, 0.2) is 0 Å². The van der Waals surface area contributed by atoms with Crippen LogP contribution in [0.2, 0.25) is 0 Å². The minimum atomic E-state index is -4.51. The van der Waals surface area contributed by atoms with Crippen molar-refractivity contribution in [1.82, 2.24) is 0 Å². The van der Waals surface area contributed by atoms with Crippen LogP contribution in [0, 0.1) is 0 Å². The minimum absolute atomic E-state index is 0.0145. The highest BCUT2D eigenvalue weighted by Crippen LogP contribution is 2.27. The van der Waals surface area contributed by atoms with E-state index in [0.717, 1.165) is 18.1 Å². The molecule has 0 spiro atoms. The zero-order valence-corrected chi connectivity index (χ0v) is 15.1. The quantitative estimate of drug-likeness (QED) is 0.763. The SMILES string of the molecule is CCC(C)c1ccc(C(=O)Nc2ccc(OC)cc2S(=O)(=O)O)cc1. The van der Waals surface area contributed by atoms with Gasteiger partial charge >= 0.3 is 0 Å².